The van der Waals surface area contributed by atoms with Crippen molar-refractivity contribution >= 4 is 54.8 Å². The summed E-state index contributed by atoms with van der Waals surface area (Å²) < 4.78 is 20.2. The van der Waals surface area contributed by atoms with Crippen molar-refractivity contribution in [2.45, 2.75) is 25.7 Å². The molecule has 1 N–H and O–H groups in total. The molecule has 2 aromatic heterocycles. The summed E-state index contributed by atoms with van der Waals surface area (Å²) in [5.41, 5.74) is 2.99. The van der Waals surface area contributed by atoms with Crippen molar-refractivity contribution < 1.29 is 13.6 Å². The Morgan fingerprint density at radius 3 is 2.73 bits per heavy atom. The van der Waals surface area contributed by atoms with Crippen LogP contribution in [0.4, 0.5) is 15.1 Å². The van der Waals surface area contributed by atoms with Gasteiger partial charge in [0, 0.05) is 20.4 Å². The minimum Gasteiger partial charge on any atom is -0.437 e. The molecule has 33 heavy (non-hydrogen) atoms. The number of nitrogens with one attached hydrogen (secondary N) is 1. The molecule has 1 aliphatic carbocycles. The van der Waals surface area contributed by atoms with Crippen LogP contribution in [0.25, 0.3) is 11.0 Å². The number of hydrogen-bond donors (Lipinski definition) is 1. The van der Waals surface area contributed by atoms with Crippen molar-refractivity contribution in [1.82, 2.24) is 0 Å². The number of benzene rings is 2. The van der Waals surface area contributed by atoms with E-state index in [9.17, 15) is 14.4 Å². The Balaban J connectivity index is 1.67. The first-order valence-electron chi connectivity index (χ1n) is 10.4. The van der Waals surface area contributed by atoms with Gasteiger partial charge in [0.25, 0.3) is 5.91 Å². The molecule has 0 aliphatic heterocycles. The molecule has 8 heteroatoms. The van der Waals surface area contributed by atoms with Crippen LogP contribution in [0.1, 0.15) is 39.2 Å². The molecular weight excluding hydrogens is 505 g/mol. The van der Waals surface area contributed by atoms with E-state index < -0.39 is 5.91 Å². The fraction of sp³-hybridized carbons (Fsp3) is 0.160. The van der Waals surface area contributed by atoms with Crippen LogP contribution in [0.15, 0.2) is 62.4 Å². The third-order valence-electron chi connectivity index (χ3n) is 5.52. The molecular formula is C25H17BrFN3O2S. The highest BCUT2D eigenvalue weighted by Gasteiger charge is 2.21. The molecule has 0 spiro atoms. The van der Waals surface area contributed by atoms with E-state index in [4.69, 9.17) is 4.42 Å². The lowest BCUT2D eigenvalue weighted by molar-refractivity contribution is 0.102. The second kappa shape index (κ2) is 8.93. The molecule has 2 heterocycles. The molecule has 0 fully saturated rings. The van der Waals surface area contributed by atoms with Crippen molar-refractivity contribution in [1.29, 1.82) is 5.26 Å². The number of nitriles is 1. The van der Waals surface area contributed by atoms with Crippen LogP contribution in [-0.2, 0) is 12.8 Å². The predicted octanol–water partition coefficient (Wildman–Crippen LogP) is 6.63. The molecule has 1 aliphatic rings. The largest absolute Gasteiger partial charge is 0.437 e. The lowest BCUT2D eigenvalue weighted by Gasteiger charge is -2.09. The first kappa shape index (κ1) is 21.6. The van der Waals surface area contributed by atoms with Gasteiger partial charge in [0.15, 0.2) is 0 Å². The zero-order chi connectivity index (χ0) is 22.9. The van der Waals surface area contributed by atoms with E-state index >= 15 is 0 Å². The summed E-state index contributed by atoms with van der Waals surface area (Å²) in [6.07, 6.45) is 3.95. The van der Waals surface area contributed by atoms with Crippen LogP contribution in [0.2, 0.25) is 0 Å². The summed E-state index contributed by atoms with van der Waals surface area (Å²) in [6, 6.07) is 15.0. The summed E-state index contributed by atoms with van der Waals surface area (Å²) in [4.78, 5) is 19.0. The van der Waals surface area contributed by atoms with Gasteiger partial charge in [-0.1, -0.05) is 15.9 Å². The molecule has 0 saturated carbocycles. The number of rotatable bonds is 3. The topological polar surface area (TPSA) is 78.4 Å². The Kier molecular flexibility index (Phi) is 5.83. The molecule has 2 aromatic carbocycles. The van der Waals surface area contributed by atoms with Crippen LogP contribution in [0, 0.1) is 17.1 Å². The van der Waals surface area contributed by atoms with E-state index in [0.717, 1.165) is 41.1 Å². The molecule has 5 nitrogen and oxygen atoms in total. The molecule has 0 saturated heterocycles. The summed E-state index contributed by atoms with van der Waals surface area (Å²) >= 11 is 4.93. The number of fused-ring (bicyclic) bond motifs is 2. The fourth-order valence-corrected chi connectivity index (χ4v) is 5.50. The highest BCUT2D eigenvalue weighted by molar-refractivity contribution is 9.10. The fourth-order valence-electron chi connectivity index (χ4n) is 3.92. The van der Waals surface area contributed by atoms with E-state index in [2.05, 4.69) is 32.3 Å². The maximum absolute atomic E-state index is 13.3. The van der Waals surface area contributed by atoms with Crippen LogP contribution in [0.3, 0.4) is 0 Å². The van der Waals surface area contributed by atoms with Gasteiger partial charge in [-0.25, -0.2) is 9.38 Å². The molecule has 5 rings (SSSR count). The molecule has 4 aromatic rings. The first-order chi connectivity index (χ1) is 16.0. The number of thiophene rings is 1. The van der Waals surface area contributed by atoms with Gasteiger partial charge in [-0.2, -0.15) is 5.26 Å². The minimum absolute atomic E-state index is 0.125. The second-order valence-electron chi connectivity index (χ2n) is 7.72. The van der Waals surface area contributed by atoms with Crippen LogP contribution >= 0.6 is 27.3 Å². The summed E-state index contributed by atoms with van der Waals surface area (Å²) in [5.74, 6) is -0.828. The van der Waals surface area contributed by atoms with Gasteiger partial charge < -0.3 is 9.73 Å². The van der Waals surface area contributed by atoms with E-state index in [1.54, 1.807) is 12.1 Å². The molecule has 0 radical (unpaired) electrons. The number of hydrogen-bond acceptors (Lipinski definition) is 5. The third-order valence-corrected chi connectivity index (χ3v) is 7.20. The Bertz CT molecular complexity index is 1500. The number of halogens is 2. The van der Waals surface area contributed by atoms with Crippen molar-refractivity contribution in [3.63, 3.8) is 0 Å². The van der Waals surface area contributed by atoms with Gasteiger partial charge in [0.05, 0.1) is 5.56 Å². The molecule has 0 atom stereocenters. The van der Waals surface area contributed by atoms with E-state index in [0.29, 0.717) is 21.8 Å². The standard InChI is InChI=1S/C25H17BrFN3O2S/c26-15-5-10-21-14(11-15)12-19(23(31)29-17-8-6-16(27)7-9-17)24(32-21)30-25-20(13-28)18-3-1-2-4-22(18)33-25/h5-12H,1-4H2,(H,29,31). The van der Waals surface area contributed by atoms with Crippen molar-refractivity contribution in [2.24, 2.45) is 4.99 Å². The van der Waals surface area contributed by atoms with Gasteiger partial charge in [-0.15, -0.1) is 11.3 Å². The Labute approximate surface area is 201 Å². The van der Waals surface area contributed by atoms with E-state index in [1.807, 2.05) is 12.1 Å². The smallest absolute Gasteiger partial charge is 0.261 e. The van der Waals surface area contributed by atoms with E-state index in [1.165, 1.54) is 40.5 Å². The Morgan fingerprint density at radius 1 is 1.15 bits per heavy atom. The van der Waals surface area contributed by atoms with Gasteiger partial charge in [0.1, 0.15) is 28.0 Å². The SMILES string of the molecule is N#Cc1c(N=c2oc3ccc(Br)cc3cc2C(=O)Nc2ccc(F)cc2)sc2c1CCCC2. The maximum atomic E-state index is 13.3. The highest BCUT2D eigenvalue weighted by Crippen LogP contribution is 2.39. The first-order valence-corrected chi connectivity index (χ1v) is 12.0. The normalized spacial score (nSPS) is 13.5. The zero-order valence-electron chi connectivity index (χ0n) is 17.3. The summed E-state index contributed by atoms with van der Waals surface area (Å²) in [5, 5.41) is 13.8. The van der Waals surface area contributed by atoms with Gasteiger partial charge in [-0.3, -0.25) is 4.79 Å². The quantitative estimate of drug-likeness (QED) is 0.328. The average Bonchev–Trinajstić information content (AvgIpc) is 3.17. The molecule has 0 unspecified atom stereocenters. The average molecular weight is 522 g/mol. The lowest BCUT2D eigenvalue weighted by Crippen LogP contribution is -2.21. The van der Waals surface area contributed by atoms with Crippen LogP contribution in [0.5, 0.6) is 0 Å². The predicted molar refractivity (Wildman–Crippen MR) is 129 cm³/mol. The summed E-state index contributed by atoms with van der Waals surface area (Å²) in [7, 11) is 0. The monoisotopic (exact) mass is 521 g/mol. The lowest BCUT2D eigenvalue weighted by atomic mass is 9.96. The number of anilines is 1. The summed E-state index contributed by atoms with van der Waals surface area (Å²) in [6.45, 7) is 0. The Morgan fingerprint density at radius 2 is 1.94 bits per heavy atom. The third kappa shape index (κ3) is 4.34. The molecule has 164 valence electrons. The Hall–Kier alpha value is -3.28. The van der Waals surface area contributed by atoms with Crippen LogP contribution < -0.4 is 10.9 Å². The molecule has 1 amide bonds. The number of carbonyl (C=O) groups is 1. The van der Waals surface area contributed by atoms with Crippen molar-refractivity contribution in [3.8, 4) is 6.07 Å². The second-order valence-corrected chi connectivity index (χ2v) is 9.72. The maximum Gasteiger partial charge on any atom is 0.261 e. The van der Waals surface area contributed by atoms with E-state index in [-0.39, 0.29) is 16.9 Å². The van der Waals surface area contributed by atoms with Crippen molar-refractivity contribution in [2.75, 3.05) is 5.32 Å². The van der Waals surface area contributed by atoms with Crippen molar-refractivity contribution in [3.05, 3.63) is 85.9 Å². The number of nitrogens with zero attached hydrogens (tertiary/aromatic N) is 2. The number of carbonyl (C=O) groups excluding carboxylic acids is 1. The molecule has 0 bridgehead atoms. The van der Waals surface area contributed by atoms with Gasteiger partial charge in [0.2, 0.25) is 5.55 Å². The minimum atomic E-state index is -0.439. The van der Waals surface area contributed by atoms with Crippen LogP contribution in [-0.4, -0.2) is 5.91 Å². The zero-order valence-corrected chi connectivity index (χ0v) is 19.7. The van der Waals surface area contributed by atoms with Gasteiger partial charge in [-0.05, 0) is 79.8 Å². The number of amides is 1. The highest BCUT2D eigenvalue weighted by atomic mass is 79.9. The van der Waals surface area contributed by atoms with Gasteiger partial charge >= 0.3 is 0 Å². The number of aryl methyl sites for hydroxylation is 1.